The smallest absolute Gasteiger partial charge is 0.328 e. The van der Waals surface area contributed by atoms with E-state index in [-0.39, 0.29) is 12.5 Å². The fourth-order valence-electron chi connectivity index (χ4n) is 3.63. The SMILES string of the molecule is Cc1ncc(-c2cc3c(I)nn(CC(=O)OC(C)(C)C)c3cc2OCCOCc2ccccc2)cn1. The van der Waals surface area contributed by atoms with Crippen LogP contribution >= 0.6 is 22.6 Å². The van der Waals surface area contributed by atoms with E-state index in [2.05, 4.69) is 37.7 Å². The number of carbonyl (C=O) groups is 1. The minimum atomic E-state index is -0.570. The minimum Gasteiger partial charge on any atom is -0.490 e. The molecule has 2 aromatic carbocycles. The second-order valence-electron chi connectivity index (χ2n) is 9.31. The van der Waals surface area contributed by atoms with Crippen LogP contribution < -0.4 is 4.74 Å². The normalized spacial score (nSPS) is 11.6. The number of carbonyl (C=O) groups excluding carboxylic acids is 1. The van der Waals surface area contributed by atoms with Gasteiger partial charge in [-0.1, -0.05) is 30.3 Å². The molecule has 2 heterocycles. The van der Waals surface area contributed by atoms with Crippen molar-refractivity contribution >= 4 is 39.5 Å². The Bertz CT molecular complexity index is 1330. The lowest BCUT2D eigenvalue weighted by molar-refractivity contribution is -0.155. The van der Waals surface area contributed by atoms with Crippen LogP contribution in [0, 0.1) is 10.6 Å². The summed E-state index contributed by atoms with van der Waals surface area (Å²) in [6.07, 6.45) is 3.56. The largest absolute Gasteiger partial charge is 0.490 e. The van der Waals surface area contributed by atoms with Crippen molar-refractivity contribution in [3.63, 3.8) is 0 Å². The molecule has 0 spiro atoms. The number of fused-ring (bicyclic) bond motifs is 1. The van der Waals surface area contributed by atoms with Crippen LogP contribution in [0.15, 0.2) is 54.9 Å². The maximum Gasteiger partial charge on any atom is 0.328 e. The van der Waals surface area contributed by atoms with E-state index in [1.807, 2.05) is 70.2 Å². The van der Waals surface area contributed by atoms with Gasteiger partial charge in [0, 0.05) is 35.0 Å². The van der Waals surface area contributed by atoms with Gasteiger partial charge in [-0.15, -0.1) is 0 Å². The lowest BCUT2D eigenvalue weighted by Crippen LogP contribution is -2.26. The van der Waals surface area contributed by atoms with Crippen LogP contribution in [0.25, 0.3) is 22.0 Å². The minimum absolute atomic E-state index is 0.00336. The molecule has 4 rings (SSSR count). The molecule has 4 aromatic rings. The fraction of sp³-hybridized carbons (Fsp3) is 0.333. The highest BCUT2D eigenvalue weighted by molar-refractivity contribution is 14.1. The molecule has 0 fully saturated rings. The Balaban J connectivity index is 1.59. The maximum atomic E-state index is 12.5. The van der Waals surface area contributed by atoms with Gasteiger partial charge in [-0.2, -0.15) is 5.10 Å². The lowest BCUT2D eigenvalue weighted by Gasteiger charge is -2.19. The summed E-state index contributed by atoms with van der Waals surface area (Å²) in [6.45, 7) is 8.68. The molecule has 0 N–H and O–H groups in total. The topological polar surface area (TPSA) is 88.4 Å². The van der Waals surface area contributed by atoms with Crippen molar-refractivity contribution in [3.05, 3.63) is 69.9 Å². The Morgan fingerprint density at radius 2 is 1.78 bits per heavy atom. The summed E-state index contributed by atoms with van der Waals surface area (Å²) >= 11 is 2.18. The number of hydrogen-bond donors (Lipinski definition) is 0. The fourth-order valence-corrected chi connectivity index (χ4v) is 4.32. The number of esters is 1. The van der Waals surface area contributed by atoms with E-state index in [9.17, 15) is 4.79 Å². The zero-order chi connectivity index (χ0) is 25.7. The number of aromatic nitrogens is 4. The van der Waals surface area contributed by atoms with Crippen LogP contribution in [0.3, 0.4) is 0 Å². The Hall–Kier alpha value is -3.05. The Kier molecular flexibility index (Phi) is 8.20. The van der Waals surface area contributed by atoms with E-state index in [4.69, 9.17) is 14.2 Å². The zero-order valence-electron chi connectivity index (χ0n) is 20.8. The molecule has 36 heavy (non-hydrogen) atoms. The molecule has 0 amide bonds. The van der Waals surface area contributed by atoms with Gasteiger partial charge in [-0.05, 0) is 61.9 Å². The summed E-state index contributed by atoms with van der Waals surface area (Å²) in [5, 5.41) is 5.49. The van der Waals surface area contributed by atoms with E-state index < -0.39 is 5.60 Å². The second kappa shape index (κ2) is 11.3. The van der Waals surface area contributed by atoms with E-state index in [0.717, 1.165) is 31.3 Å². The summed E-state index contributed by atoms with van der Waals surface area (Å²) in [4.78, 5) is 21.2. The molecule has 0 aliphatic carbocycles. The molecule has 0 unspecified atom stereocenters. The van der Waals surface area contributed by atoms with Gasteiger partial charge in [0.05, 0.1) is 18.7 Å². The Morgan fingerprint density at radius 1 is 1.06 bits per heavy atom. The van der Waals surface area contributed by atoms with Gasteiger partial charge in [0.15, 0.2) is 0 Å². The lowest BCUT2D eigenvalue weighted by atomic mass is 10.1. The number of halogens is 1. The zero-order valence-corrected chi connectivity index (χ0v) is 23.0. The molecule has 0 bridgehead atoms. The highest BCUT2D eigenvalue weighted by atomic mass is 127. The molecular weight excluding hydrogens is 571 g/mol. The van der Waals surface area contributed by atoms with Gasteiger partial charge >= 0.3 is 5.97 Å². The Morgan fingerprint density at radius 3 is 2.47 bits per heavy atom. The van der Waals surface area contributed by atoms with Crippen molar-refractivity contribution < 1.29 is 19.0 Å². The number of rotatable bonds is 9. The summed E-state index contributed by atoms with van der Waals surface area (Å²) in [5.74, 6) is 0.979. The third kappa shape index (κ3) is 6.79. The summed E-state index contributed by atoms with van der Waals surface area (Å²) < 4.78 is 19.9. The van der Waals surface area contributed by atoms with Gasteiger partial charge in [-0.25, -0.2) is 9.97 Å². The third-order valence-electron chi connectivity index (χ3n) is 5.19. The number of aryl methyl sites for hydroxylation is 1. The number of benzene rings is 2. The first-order valence-corrected chi connectivity index (χ1v) is 12.7. The van der Waals surface area contributed by atoms with E-state index in [1.54, 1.807) is 17.1 Å². The molecular formula is C27H29IN4O4. The van der Waals surface area contributed by atoms with Gasteiger partial charge in [0.2, 0.25) is 0 Å². The number of ether oxygens (including phenoxy) is 3. The van der Waals surface area contributed by atoms with Crippen molar-refractivity contribution in [3.8, 4) is 16.9 Å². The molecule has 188 valence electrons. The van der Waals surface area contributed by atoms with Crippen LogP contribution in [-0.4, -0.2) is 44.5 Å². The van der Waals surface area contributed by atoms with Crippen molar-refractivity contribution in [2.75, 3.05) is 13.2 Å². The first-order valence-electron chi connectivity index (χ1n) is 11.6. The van der Waals surface area contributed by atoms with Crippen LogP contribution in [0.2, 0.25) is 0 Å². The van der Waals surface area contributed by atoms with Gasteiger partial charge in [0.1, 0.15) is 34.0 Å². The standard InChI is InChI=1S/C27H29IN4O4/c1-18-29-14-20(15-30-18)21-12-22-23(32(31-26(22)28)16-25(33)36-27(2,3)4)13-24(21)35-11-10-34-17-19-8-6-5-7-9-19/h5-9,12-15H,10-11,16-17H2,1-4H3. The van der Waals surface area contributed by atoms with E-state index in [1.165, 1.54) is 0 Å². The highest BCUT2D eigenvalue weighted by Crippen LogP contribution is 2.35. The van der Waals surface area contributed by atoms with E-state index in [0.29, 0.717) is 31.4 Å². The molecule has 0 atom stereocenters. The molecule has 0 saturated carbocycles. The van der Waals surface area contributed by atoms with Crippen molar-refractivity contribution in [2.24, 2.45) is 0 Å². The molecule has 0 radical (unpaired) electrons. The van der Waals surface area contributed by atoms with Gasteiger partial charge < -0.3 is 14.2 Å². The predicted molar refractivity (Wildman–Crippen MR) is 146 cm³/mol. The molecule has 9 heteroatoms. The molecule has 2 aromatic heterocycles. The quantitative estimate of drug-likeness (QED) is 0.146. The summed E-state index contributed by atoms with van der Waals surface area (Å²) in [6, 6.07) is 13.9. The van der Waals surface area contributed by atoms with Crippen LogP contribution in [-0.2, 0) is 27.4 Å². The molecule has 0 aliphatic rings. The average molecular weight is 600 g/mol. The number of hydrogen-bond acceptors (Lipinski definition) is 7. The number of nitrogens with zero attached hydrogens (tertiary/aromatic N) is 4. The first kappa shape index (κ1) is 26.0. The molecule has 0 saturated heterocycles. The van der Waals surface area contributed by atoms with Crippen molar-refractivity contribution in [2.45, 2.75) is 46.4 Å². The van der Waals surface area contributed by atoms with E-state index >= 15 is 0 Å². The van der Waals surface area contributed by atoms with Crippen LogP contribution in [0.1, 0.15) is 32.2 Å². The first-order chi connectivity index (χ1) is 17.2. The second-order valence-corrected chi connectivity index (χ2v) is 10.3. The van der Waals surface area contributed by atoms with Crippen molar-refractivity contribution in [1.29, 1.82) is 0 Å². The average Bonchev–Trinajstić information content (AvgIpc) is 3.12. The van der Waals surface area contributed by atoms with Gasteiger partial charge in [-0.3, -0.25) is 9.48 Å². The van der Waals surface area contributed by atoms with Gasteiger partial charge in [0.25, 0.3) is 0 Å². The molecule has 8 nitrogen and oxygen atoms in total. The maximum absolute atomic E-state index is 12.5. The van der Waals surface area contributed by atoms with Crippen molar-refractivity contribution in [1.82, 2.24) is 19.7 Å². The van der Waals surface area contributed by atoms with Crippen LogP contribution in [0.4, 0.5) is 0 Å². The van der Waals surface area contributed by atoms with Crippen LogP contribution in [0.5, 0.6) is 5.75 Å². The monoisotopic (exact) mass is 600 g/mol. The summed E-state index contributed by atoms with van der Waals surface area (Å²) in [5.41, 5.74) is 3.00. The third-order valence-corrected chi connectivity index (χ3v) is 5.99. The highest BCUT2D eigenvalue weighted by Gasteiger charge is 2.20. The molecule has 0 aliphatic heterocycles. The Labute approximate surface area is 224 Å². The predicted octanol–water partition coefficient (Wildman–Crippen LogP) is 5.34. The summed E-state index contributed by atoms with van der Waals surface area (Å²) in [7, 11) is 0.